The lowest BCUT2D eigenvalue weighted by atomic mass is 9.59. The topological polar surface area (TPSA) is 205 Å². The van der Waals surface area contributed by atoms with E-state index in [9.17, 15) is 28.4 Å². The van der Waals surface area contributed by atoms with E-state index in [1.807, 2.05) is 26.1 Å². The molecule has 6 heterocycles. The number of amides is 1. The Kier molecular flexibility index (Phi) is 13.1. The van der Waals surface area contributed by atoms with Gasteiger partial charge in [-0.3, -0.25) is 24.7 Å². The van der Waals surface area contributed by atoms with Crippen LogP contribution in [0.3, 0.4) is 0 Å². The van der Waals surface area contributed by atoms with Gasteiger partial charge in [-0.05, 0) is 150 Å². The molecule has 17 nitrogen and oxygen atoms in total. The van der Waals surface area contributed by atoms with Crippen molar-refractivity contribution in [3.63, 3.8) is 0 Å². The molecule has 0 radical (unpaired) electrons. The molecule has 2 aromatic heterocycles. The average Bonchev–Trinajstić information content (AvgIpc) is 4.04. The summed E-state index contributed by atoms with van der Waals surface area (Å²) in [5, 5.41) is 27.0. The van der Waals surface area contributed by atoms with Gasteiger partial charge in [-0.1, -0.05) is 38.1 Å². The number of carbonyl (C=O) groups excluding carboxylic acids is 1. The number of rotatable bonds is 14. The van der Waals surface area contributed by atoms with Gasteiger partial charge in [0.05, 0.1) is 27.0 Å². The standard InChI is InChI=1S/C55H68N8O9S/c1-34(2)41-8-5-6-9-42(41)45-10-7-22-62(45)39-30-55(31-39)19-24-61(25-20-55)37-11-12-43(47(27-37)72-49-26-36-15-21-56-51(36)58-53(49)71-32-38-16-23-60(38)4)52(64)59-73(68,69)40-28-46(63(66)67)50-48(29-40)70-33-44(57-50)35-13-17-54(3,65)18-14-35/h5-6,8-9,11-12,15,21,26-29,34-35,38-39,44-45,57,65H,7,10,13-14,16-20,22-25,30-33H2,1-4H3,(H,56,58)(H,59,64)/t35-,38-,44-,45-,54-/m1/s1. The third-order valence-electron chi connectivity index (χ3n) is 17.2. The molecular formula is C55H68N8O9S. The zero-order valence-corrected chi connectivity index (χ0v) is 43.1. The minimum Gasteiger partial charge on any atom is -0.489 e. The maximum atomic E-state index is 14.5. The van der Waals surface area contributed by atoms with Gasteiger partial charge in [-0.2, -0.15) is 4.98 Å². The number of H-pyrrole nitrogens is 1. The van der Waals surface area contributed by atoms with Gasteiger partial charge in [0.25, 0.3) is 27.5 Å². The number of likely N-dealkylation sites (N-methyl/N-ethyl adjacent to an activating group) is 1. The number of aromatic nitrogens is 2. The van der Waals surface area contributed by atoms with E-state index < -0.39 is 37.0 Å². The summed E-state index contributed by atoms with van der Waals surface area (Å²) in [5.74, 6) is 0.157. The normalized spacial score (nSPS) is 25.4. The van der Waals surface area contributed by atoms with Crippen molar-refractivity contribution < 1.29 is 37.5 Å². The van der Waals surface area contributed by atoms with E-state index in [4.69, 9.17) is 19.2 Å². The third-order valence-corrected chi connectivity index (χ3v) is 18.5. The molecule has 1 amide bonds. The molecule has 11 rings (SSSR count). The number of aliphatic hydroxyl groups is 1. The Morgan fingerprint density at radius 1 is 0.986 bits per heavy atom. The van der Waals surface area contributed by atoms with Crippen LogP contribution in [-0.2, 0) is 10.0 Å². The van der Waals surface area contributed by atoms with Crippen LogP contribution < -0.4 is 29.1 Å². The number of anilines is 2. The van der Waals surface area contributed by atoms with E-state index in [1.165, 1.54) is 42.9 Å². The summed E-state index contributed by atoms with van der Waals surface area (Å²) in [4.78, 5) is 41.0. The summed E-state index contributed by atoms with van der Waals surface area (Å²) in [6, 6.07) is 20.9. The van der Waals surface area contributed by atoms with Crippen LogP contribution in [-0.4, -0.2) is 114 Å². The van der Waals surface area contributed by atoms with E-state index in [0.717, 1.165) is 62.6 Å². The smallest absolute Gasteiger partial charge is 0.297 e. The molecule has 5 aromatic rings. The molecule has 2 aliphatic carbocycles. The Morgan fingerprint density at radius 2 is 1.77 bits per heavy atom. The summed E-state index contributed by atoms with van der Waals surface area (Å²) in [6.45, 7) is 10.6. The second-order valence-electron chi connectivity index (χ2n) is 22.4. The van der Waals surface area contributed by atoms with Crippen molar-refractivity contribution in [3.8, 4) is 23.1 Å². The lowest BCUT2D eigenvalue weighted by Crippen LogP contribution is -2.54. The van der Waals surface area contributed by atoms with Crippen molar-refractivity contribution in [2.45, 2.75) is 132 Å². The molecule has 4 aliphatic heterocycles. The zero-order chi connectivity index (χ0) is 50.8. The zero-order valence-electron chi connectivity index (χ0n) is 42.3. The van der Waals surface area contributed by atoms with Crippen molar-refractivity contribution in [1.29, 1.82) is 0 Å². The van der Waals surface area contributed by atoms with Crippen LogP contribution in [0.1, 0.15) is 125 Å². The number of pyridine rings is 1. The van der Waals surface area contributed by atoms with Gasteiger partial charge in [0.2, 0.25) is 0 Å². The molecule has 73 heavy (non-hydrogen) atoms. The van der Waals surface area contributed by atoms with Gasteiger partial charge in [0, 0.05) is 66.7 Å². The SMILES string of the molecule is CC(C)c1ccccc1[C@H]1CCCN1C1CC2(CCN(c3ccc(C(=O)NS(=O)(=O)c4cc5c(c([N+](=O)[O-])c4)N[C@@H]([C@H]4CC[C@](C)(O)CC4)CO5)c(Oc4cc5cc[nH]c5nc4OC[C@H]4CCN4C)c3)CC2)C1. The Balaban J connectivity index is 0.841. The Bertz CT molecular complexity index is 3010. The highest BCUT2D eigenvalue weighted by molar-refractivity contribution is 7.90. The number of piperidine rings is 1. The number of fused-ring (bicyclic) bond motifs is 2. The predicted molar refractivity (Wildman–Crippen MR) is 278 cm³/mol. The molecule has 0 unspecified atom stereocenters. The largest absolute Gasteiger partial charge is 0.489 e. The number of nitrogens with one attached hydrogen (secondary N) is 3. The van der Waals surface area contributed by atoms with Crippen molar-refractivity contribution in [2.24, 2.45) is 11.3 Å². The number of aromatic amines is 1. The lowest BCUT2D eigenvalue weighted by molar-refractivity contribution is -0.384. The fourth-order valence-electron chi connectivity index (χ4n) is 12.6. The minimum absolute atomic E-state index is 0.00360. The number of hydrogen-bond donors (Lipinski definition) is 4. The highest BCUT2D eigenvalue weighted by atomic mass is 32.2. The van der Waals surface area contributed by atoms with Gasteiger partial charge in [-0.15, -0.1) is 0 Å². The summed E-state index contributed by atoms with van der Waals surface area (Å²) in [6.07, 6.45) is 12.2. The number of benzene rings is 3. The Hall–Kier alpha value is -5.95. The van der Waals surface area contributed by atoms with Crippen LogP contribution >= 0.6 is 0 Å². The maximum absolute atomic E-state index is 14.5. The molecule has 4 N–H and O–H groups in total. The van der Waals surface area contributed by atoms with Gasteiger partial charge in [0.1, 0.15) is 24.6 Å². The molecule has 1 spiro atoms. The van der Waals surface area contributed by atoms with Crippen LogP contribution in [0.15, 0.2) is 77.8 Å². The van der Waals surface area contributed by atoms with Crippen LogP contribution in [0.4, 0.5) is 17.1 Å². The number of nitro groups is 1. The molecule has 6 aliphatic rings. The van der Waals surface area contributed by atoms with Crippen LogP contribution in [0.25, 0.3) is 11.0 Å². The highest BCUT2D eigenvalue weighted by Crippen LogP contribution is 2.55. The minimum atomic E-state index is -4.71. The molecule has 3 saturated heterocycles. The molecule has 5 fully saturated rings. The first kappa shape index (κ1) is 49.3. The number of nitrogens with zero attached hydrogens (tertiary/aromatic N) is 5. The quantitative estimate of drug-likeness (QED) is 0.0605. The number of nitro benzene ring substituents is 1. The highest BCUT2D eigenvalue weighted by Gasteiger charge is 2.50. The molecule has 18 heteroatoms. The van der Waals surface area contributed by atoms with Crippen molar-refractivity contribution in [2.75, 3.05) is 56.7 Å². The number of hydrogen-bond acceptors (Lipinski definition) is 14. The summed E-state index contributed by atoms with van der Waals surface area (Å²) >= 11 is 0. The van der Waals surface area contributed by atoms with E-state index in [-0.39, 0.29) is 64.4 Å². The second kappa shape index (κ2) is 19.4. The summed E-state index contributed by atoms with van der Waals surface area (Å²) in [5.41, 5.74) is 3.40. The fourth-order valence-corrected chi connectivity index (χ4v) is 13.6. The van der Waals surface area contributed by atoms with E-state index in [1.54, 1.807) is 24.4 Å². The number of sulfonamides is 1. The van der Waals surface area contributed by atoms with Gasteiger partial charge in [-0.25, -0.2) is 13.1 Å². The van der Waals surface area contributed by atoms with E-state index >= 15 is 0 Å². The summed E-state index contributed by atoms with van der Waals surface area (Å²) in [7, 11) is -2.68. The van der Waals surface area contributed by atoms with Crippen molar-refractivity contribution in [3.05, 3.63) is 99.7 Å². The molecule has 0 bridgehead atoms. The monoisotopic (exact) mass is 1020 g/mol. The first-order valence-corrected chi connectivity index (χ1v) is 27.7. The van der Waals surface area contributed by atoms with Gasteiger partial charge >= 0.3 is 0 Å². The van der Waals surface area contributed by atoms with Crippen LogP contribution in [0.2, 0.25) is 0 Å². The second-order valence-corrected chi connectivity index (χ2v) is 24.0. The molecule has 388 valence electrons. The predicted octanol–water partition coefficient (Wildman–Crippen LogP) is 9.29. The van der Waals surface area contributed by atoms with E-state index in [0.29, 0.717) is 55.9 Å². The number of carbonyl (C=O) groups is 1. The first-order chi connectivity index (χ1) is 35.0. The van der Waals surface area contributed by atoms with Crippen molar-refractivity contribution >= 4 is 44.0 Å². The maximum Gasteiger partial charge on any atom is 0.297 e. The molecule has 3 aromatic carbocycles. The van der Waals surface area contributed by atoms with Gasteiger partial charge < -0.3 is 34.5 Å². The number of ether oxygens (including phenoxy) is 3. The molecule has 3 atom stereocenters. The first-order valence-electron chi connectivity index (χ1n) is 26.3. The van der Waals surface area contributed by atoms with Crippen LogP contribution in [0.5, 0.6) is 23.1 Å². The van der Waals surface area contributed by atoms with E-state index in [2.05, 4.69) is 67.8 Å². The van der Waals surface area contributed by atoms with Gasteiger partial charge in [0.15, 0.2) is 17.2 Å². The average molecular weight is 1020 g/mol. The molecule has 2 saturated carbocycles. The van der Waals surface area contributed by atoms with Crippen molar-refractivity contribution in [1.82, 2.24) is 24.5 Å². The van der Waals surface area contributed by atoms with Crippen LogP contribution in [0, 0.1) is 21.4 Å². The fraction of sp³-hybridized carbons (Fsp3) is 0.527. The lowest BCUT2D eigenvalue weighted by Gasteiger charge is -2.56. The molecular weight excluding hydrogens is 949 g/mol. The number of likely N-dealkylation sites (tertiary alicyclic amines) is 2. The Morgan fingerprint density at radius 3 is 2.49 bits per heavy atom. The summed E-state index contributed by atoms with van der Waals surface area (Å²) < 4.78 is 49.6. The Labute approximate surface area is 427 Å². The third kappa shape index (κ3) is 9.83.